The van der Waals surface area contributed by atoms with Crippen LogP contribution in [0.5, 0.6) is 11.5 Å². The van der Waals surface area contributed by atoms with E-state index in [-0.39, 0.29) is 18.9 Å². The Morgan fingerprint density at radius 3 is 2.13 bits per heavy atom. The summed E-state index contributed by atoms with van der Waals surface area (Å²) in [5.74, 6) is -0.218. The van der Waals surface area contributed by atoms with Crippen molar-refractivity contribution in [1.82, 2.24) is 5.32 Å². The number of carbonyl (C=O) groups excluding carboxylic acids is 1. The van der Waals surface area contributed by atoms with Crippen molar-refractivity contribution >= 4 is 11.9 Å². The highest BCUT2D eigenvalue weighted by Crippen LogP contribution is 2.26. The molecule has 0 spiro atoms. The topological polar surface area (TPSA) is 84.9 Å². The molecule has 6 nitrogen and oxygen atoms in total. The van der Waals surface area contributed by atoms with Crippen molar-refractivity contribution in [2.24, 2.45) is 0 Å². The molecule has 0 unspecified atom stereocenters. The number of carboxylic acids is 1. The molecule has 0 saturated heterocycles. The van der Waals surface area contributed by atoms with Crippen LogP contribution in [-0.2, 0) is 9.59 Å². The standard InChI is InChI=1S/C17H25NO5/c1-4-17(5-2,11-16(20)21)18-15(19)12-23-14-10-8-7-9-13(14)22-6-3/h7-10H,4-6,11-12H2,1-3H3,(H,18,19)(H,20,21). The van der Waals surface area contributed by atoms with E-state index in [1.807, 2.05) is 26.8 Å². The van der Waals surface area contributed by atoms with Gasteiger partial charge < -0.3 is 19.9 Å². The molecule has 0 aliphatic rings. The lowest BCUT2D eigenvalue weighted by molar-refractivity contribution is -0.139. The van der Waals surface area contributed by atoms with E-state index in [0.717, 1.165) is 0 Å². The van der Waals surface area contributed by atoms with Crippen LogP contribution in [0, 0.1) is 0 Å². The molecular formula is C17H25NO5. The summed E-state index contributed by atoms with van der Waals surface area (Å²) in [6, 6.07) is 7.11. The second-order valence-electron chi connectivity index (χ2n) is 5.27. The predicted molar refractivity (Wildman–Crippen MR) is 86.8 cm³/mol. The number of nitrogens with one attached hydrogen (secondary N) is 1. The van der Waals surface area contributed by atoms with Gasteiger partial charge in [-0.05, 0) is 31.9 Å². The average Bonchev–Trinajstić information content (AvgIpc) is 2.53. The molecular weight excluding hydrogens is 298 g/mol. The van der Waals surface area contributed by atoms with Crippen molar-refractivity contribution in [3.05, 3.63) is 24.3 Å². The number of amides is 1. The van der Waals surface area contributed by atoms with E-state index in [1.54, 1.807) is 18.2 Å². The number of carboxylic acid groups (broad SMARTS) is 1. The molecule has 1 rings (SSSR count). The van der Waals surface area contributed by atoms with Crippen molar-refractivity contribution in [2.75, 3.05) is 13.2 Å². The highest BCUT2D eigenvalue weighted by Gasteiger charge is 2.31. The maximum atomic E-state index is 12.1. The van der Waals surface area contributed by atoms with Gasteiger partial charge in [-0.15, -0.1) is 0 Å². The third kappa shape index (κ3) is 5.81. The molecule has 6 heteroatoms. The van der Waals surface area contributed by atoms with Gasteiger partial charge in [0.15, 0.2) is 18.1 Å². The van der Waals surface area contributed by atoms with Crippen LogP contribution in [-0.4, -0.2) is 35.7 Å². The number of ether oxygens (including phenoxy) is 2. The van der Waals surface area contributed by atoms with E-state index in [2.05, 4.69) is 5.32 Å². The summed E-state index contributed by atoms with van der Waals surface area (Å²) in [5.41, 5.74) is -0.744. The van der Waals surface area contributed by atoms with Crippen molar-refractivity contribution < 1.29 is 24.2 Å². The van der Waals surface area contributed by atoms with Gasteiger partial charge in [0.25, 0.3) is 5.91 Å². The molecule has 0 aliphatic carbocycles. The summed E-state index contributed by atoms with van der Waals surface area (Å²) < 4.78 is 10.9. The van der Waals surface area contributed by atoms with Gasteiger partial charge in [-0.3, -0.25) is 9.59 Å². The molecule has 0 atom stereocenters. The van der Waals surface area contributed by atoms with Gasteiger partial charge in [-0.1, -0.05) is 26.0 Å². The van der Waals surface area contributed by atoms with Crippen molar-refractivity contribution in [3.63, 3.8) is 0 Å². The first-order valence-corrected chi connectivity index (χ1v) is 7.83. The summed E-state index contributed by atoms with van der Waals surface area (Å²) in [5, 5.41) is 11.8. The minimum absolute atomic E-state index is 0.110. The zero-order valence-corrected chi connectivity index (χ0v) is 13.9. The molecule has 0 radical (unpaired) electrons. The number of hydrogen-bond donors (Lipinski definition) is 2. The van der Waals surface area contributed by atoms with E-state index in [4.69, 9.17) is 14.6 Å². The minimum Gasteiger partial charge on any atom is -0.490 e. The molecule has 0 aliphatic heterocycles. The van der Waals surface area contributed by atoms with Crippen LogP contribution in [0.2, 0.25) is 0 Å². The molecule has 0 saturated carbocycles. The first kappa shape index (κ1) is 18.8. The monoisotopic (exact) mass is 323 g/mol. The molecule has 2 N–H and O–H groups in total. The maximum absolute atomic E-state index is 12.1. The molecule has 0 heterocycles. The Kier molecular flexibility index (Phi) is 7.38. The van der Waals surface area contributed by atoms with Crippen molar-refractivity contribution in [3.8, 4) is 11.5 Å². The maximum Gasteiger partial charge on any atom is 0.305 e. The predicted octanol–water partition coefficient (Wildman–Crippen LogP) is 2.61. The average molecular weight is 323 g/mol. The largest absolute Gasteiger partial charge is 0.490 e. The molecule has 0 aromatic heterocycles. The zero-order valence-electron chi connectivity index (χ0n) is 13.9. The fraction of sp³-hybridized carbons (Fsp3) is 0.529. The summed E-state index contributed by atoms with van der Waals surface area (Å²) >= 11 is 0. The van der Waals surface area contributed by atoms with Crippen LogP contribution in [0.15, 0.2) is 24.3 Å². The molecule has 0 bridgehead atoms. The van der Waals surface area contributed by atoms with E-state index in [0.29, 0.717) is 30.9 Å². The lowest BCUT2D eigenvalue weighted by Crippen LogP contribution is -2.50. The highest BCUT2D eigenvalue weighted by atomic mass is 16.5. The smallest absolute Gasteiger partial charge is 0.305 e. The second kappa shape index (κ2) is 9.02. The minimum atomic E-state index is -0.934. The normalized spacial score (nSPS) is 10.9. The van der Waals surface area contributed by atoms with Gasteiger partial charge in [0, 0.05) is 0 Å². The van der Waals surface area contributed by atoms with E-state index >= 15 is 0 Å². The summed E-state index contributed by atoms with van der Waals surface area (Å²) in [7, 11) is 0. The zero-order chi connectivity index (χ0) is 17.3. The molecule has 1 aromatic carbocycles. The lowest BCUT2D eigenvalue weighted by Gasteiger charge is -2.31. The van der Waals surface area contributed by atoms with Gasteiger partial charge in [0.2, 0.25) is 0 Å². The third-order valence-electron chi connectivity index (χ3n) is 3.76. The molecule has 128 valence electrons. The summed E-state index contributed by atoms with van der Waals surface area (Å²) in [6.07, 6.45) is 0.968. The Morgan fingerprint density at radius 2 is 1.65 bits per heavy atom. The lowest BCUT2D eigenvalue weighted by atomic mass is 9.89. The fourth-order valence-corrected chi connectivity index (χ4v) is 2.33. The Morgan fingerprint density at radius 1 is 1.09 bits per heavy atom. The molecule has 23 heavy (non-hydrogen) atoms. The Labute approximate surface area is 136 Å². The van der Waals surface area contributed by atoms with E-state index < -0.39 is 11.5 Å². The van der Waals surface area contributed by atoms with Crippen LogP contribution in [0.4, 0.5) is 0 Å². The summed E-state index contributed by atoms with van der Waals surface area (Å²) in [4.78, 5) is 23.1. The van der Waals surface area contributed by atoms with Crippen LogP contribution >= 0.6 is 0 Å². The SMILES string of the molecule is CCOc1ccccc1OCC(=O)NC(CC)(CC)CC(=O)O. The third-order valence-corrected chi connectivity index (χ3v) is 3.76. The Hall–Kier alpha value is -2.24. The van der Waals surface area contributed by atoms with Gasteiger partial charge in [0.05, 0.1) is 18.6 Å². The van der Waals surface area contributed by atoms with Crippen LogP contribution in [0.1, 0.15) is 40.0 Å². The van der Waals surface area contributed by atoms with Crippen LogP contribution in [0.3, 0.4) is 0 Å². The fourth-order valence-electron chi connectivity index (χ4n) is 2.33. The van der Waals surface area contributed by atoms with Gasteiger partial charge in [0.1, 0.15) is 0 Å². The number of rotatable bonds is 10. The highest BCUT2D eigenvalue weighted by molar-refractivity contribution is 5.79. The van der Waals surface area contributed by atoms with Crippen LogP contribution in [0.25, 0.3) is 0 Å². The number of hydrogen-bond acceptors (Lipinski definition) is 4. The Balaban J connectivity index is 2.67. The Bertz CT molecular complexity index is 525. The first-order valence-electron chi connectivity index (χ1n) is 7.83. The van der Waals surface area contributed by atoms with Gasteiger partial charge in [-0.25, -0.2) is 0 Å². The van der Waals surface area contributed by atoms with Crippen molar-refractivity contribution in [1.29, 1.82) is 0 Å². The number of aliphatic carboxylic acids is 1. The number of benzene rings is 1. The molecule has 1 amide bonds. The van der Waals surface area contributed by atoms with E-state index in [1.165, 1.54) is 0 Å². The van der Waals surface area contributed by atoms with Crippen molar-refractivity contribution in [2.45, 2.75) is 45.6 Å². The number of para-hydroxylation sites is 2. The number of carbonyl (C=O) groups is 2. The second-order valence-corrected chi connectivity index (χ2v) is 5.27. The summed E-state index contributed by atoms with van der Waals surface area (Å²) in [6.45, 7) is 5.90. The van der Waals surface area contributed by atoms with Gasteiger partial charge >= 0.3 is 5.97 Å². The molecule has 0 fully saturated rings. The van der Waals surface area contributed by atoms with Gasteiger partial charge in [-0.2, -0.15) is 0 Å². The van der Waals surface area contributed by atoms with E-state index in [9.17, 15) is 9.59 Å². The van der Waals surface area contributed by atoms with Crippen LogP contribution < -0.4 is 14.8 Å². The first-order chi connectivity index (χ1) is 11.0. The molecule has 1 aromatic rings. The quantitative estimate of drug-likeness (QED) is 0.691.